The number of Topliss-reactive ketones (excluding diaryl/α,β-unsaturated/α-hetero) is 1. The predicted molar refractivity (Wildman–Crippen MR) is 192 cm³/mol. The van der Waals surface area contributed by atoms with Gasteiger partial charge in [0.05, 0.1) is 12.5 Å². The molecule has 0 radical (unpaired) electrons. The summed E-state index contributed by atoms with van der Waals surface area (Å²) in [6.07, 6.45) is 2.79. The molecule has 0 rings (SSSR count). The van der Waals surface area contributed by atoms with Gasteiger partial charge in [0.2, 0.25) is 5.79 Å². The van der Waals surface area contributed by atoms with Gasteiger partial charge in [-0.15, -0.1) is 6.58 Å². The topological polar surface area (TPSA) is 90.9 Å². The maximum absolute atomic E-state index is 14.3. The average Bonchev–Trinajstić information content (AvgIpc) is 2.95. The lowest BCUT2D eigenvalue weighted by Crippen LogP contribution is -2.54. The molecule has 0 aliphatic carbocycles. The summed E-state index contributed by atoms with van der Waals surface area (Å²) in [6.45, 7) is 32.9. The van der Waals surface area contributed by atoms with Crippen LogP contribution >= 0.6 is 0 Å². The molecule has 11 heteroatoms. The Kier molecular flexibility index (Phi) is 17.8. The van der Waals surface area contributed by atoms with E-state index in [1.807, 2.05) is 26.8 Å². The minimum absolute atomic E-state index is 0.0394. The Hall–Kier alpha value is -0.476. The molecule has 0 heterocycles. The second kappa shape index (κ2) is 18.0. The summed E-state index contributed by atoms with van der Waals surface area (Å²) < 4.78 is 48.8. The van der Waals surface area contributed by atoms with E-state index in [1.165, 1.54) is 14.2 Å². The average molecular weight is 693 g/mol. The van der Waals surface area contributed by atoms with Crippen molar-refractivity contribution in [2.75, 3.05) is 48.8 Å². The van der Waals surface area contributed by atoms with Crippen LogP contribution < -0.4 is 0 Å². The molecule has 0 saturated heterocycles. The molecule has 0 aromatic heterocycles. The largest absolute Gasteiger partial charge is 0.417 e. The van der Waals surface area contributed by atoms with E-state index in [1.54, 1.807) is 21.3 Å². The Morgan fingerprint density at radius 1 is 0.761 bits per heavy atom. The van der Waals surface area contributed by atoms with Crippen LogP contribution in [0.4, 0.5) is 0 Å². The quantitative estimate of drug-likeness (QED) is 0.0595. The number of ether oxygens (including phenoxy) is 6. The van der Waals surface area contributed by atoms with Gasteiger partial charge in [0, 0.05) is 61.1 Å². The molecule has 3 unspecified atom stereocenters. The fraction of sp³-hybridized carbons (Fsp3) is 0.914. The van der Waals surface area contributed by atoms with Crippen LogP contribution in [0.1, 0.15) is 88.0 Å². The zero-order valence-electron chi connectivity index (χ0n) is 32.9. The lowest BCUT2D eigenvalue weighted by atomic mass is 9.88. The SMILES string of the molecule is C=CC(CCO[Si](C)(C)C(C)(C)C)CC(CC(OC)(OC)C(=O)CC(OC)(OC)C(C)CO[Si](C)(C)C(C)(C)C)OC(C)(C)OC. The molecule has 46 heavy (non-hydrogen) atoms. The molecule has 0 N–H and O–H groups in total. The zero-order valence-corrected chi connectivity index (χ0v) is 34.9. The summed E-state index contributed by atoms with van der Waals surface area (Å²) >= 11 is 0. The first-order valence-electron chi connectivity index (χ1n) is 16.7. The second-order valence-corrected chi connectivity index (χ2v) is 25.7. The van der Waals surface area contributed by atoms with Crippen LogP contribution in [0.15, 0.2) is 12.7 Å². The highest BCUT2D eigenvalue weighted by Gasteiger charge is 2.49. The van der Waals surface area contributed by atoms with Crippen LogP contribution in [-0.4, -0.2) is 94.6 Å². The van der Waals surface area contributed by atoms with Gasteiger partial charge in [-0.3, -0.25) is 4.79 Å². The van der Waals surface area contributed by atoms with E-state index in [4.69, 9.17) is 37.3 Å². The van der Waals surface area contributed by atoms with Crippen molar-refractivity contribution < 1.29 is 42.1 Å². The minimum Gasteiger partial charge on any atom is -0.417 e. The summed E-state index contributed by atoms with van der Waals surface area (Å²) in [4.78, 5) is 14.3. The van der Waals surface area contributed by atoms with Gasteiger partial charge < -0.3 is 37.3 Å². The van der Waals surface area contributed by atoms with Crippen LogP contribution in [0.5, 0.6) is 0 Å². The Bertz CT molecular complexity index is 914. The van der Waals surface area contributed by atoms with Gasteiger partial charge in [-0.2, -0.15) is 0 Å². The molecule has 0 amide bonds. The third-order valence-corrected chi connectivity index (χ3v) is 19.6. The van der Waals surface area contributed by atoms with Gasteiger partial charge in [-0.1, -0.05) is 54.5 Å². The summed E-state index contributed by atoms with van der Waals surface area (Å²) in [7, 11) is 3.70. The molecule has 274 valence electrons. The number of hydrogen-bond acceptors (Lipinski definition) is 9. The molecule has 0 fully saturated rings. The lowest BCUT2D eigenvalue weighted by molar-refractivity contribution is -0.271. The molecule has 0 saturated carbocycles. The number of carbonyl (C=O) groups excluding carboxylic acids is 1. The number of ketones is 1. The van der Waals surface area contributed by atoms with Gasteiger partial charge in [-0.25, -0.2) is 0 Å². The van der Waals surface area contributed by atoms with Crippen molar-refractivity contribution in [1.29, 1.82) is 0 Å². The molecule has 0 aromatic rings. The van der Waals surface area contributed by atoms with E-state index in [-0.39, 0.29) is 40.5 Å². The summed E-state index contributed by atoms with van der Waals surface area (Å²) in [5.74, 6) is -4.32. The van der Waals surface area contributed by atoms with Gasteiger partial charge in [-0.05, 0) is 68.9 Å². The first-order valence-corrected chi connectivity index (χ1v) is 22.5. The van der Waals surface area contributed by atoms with Crippen LogP contribution in [0.2, 0.25) is 36.3 Å². The number of rotatable bonds is 23. The maximum atomic E-state index is 14.3. The van der Waals surface area contributed by atoms with Crippen LogP contribution in [-0.2, 0) is 42.1 Å². The lowest BCUT2D eigenvalue weighted by Gasteiger charge is -2.42. The normalized spacial score (nSPS) is 16.3. The first kappa shape index (κ1) is 45.5. The van der Waals surface area contributed by atoms with Gasteiger partial charge in [0.1, 0.15) is 0 Å². The molecule has 0 aliphatic heterocycles. The van der Waals surface area contributed by atoms with Crippen molar-refractivity contribution in [3.8, 4) is 0 Å². The van der Waals surface area contributed by atoms with Crippen molar-refractivity contribution in [3.63, 3.8) is 0 Å². The van der Waals surface area contributed by atoms with E-state index in [0.717, 1.165) is 6.42 Å². The van der Waals surface area contributed by atoms with Crippen molar-refractivity contribution in [2.45, 2.75) is 148 Å². The summed E-state index contributed by atoms with van der Waals surface area (Å²) in [5.41, 5.74) is 0. The van der Waals surface area contributed by atoms with Crippen molar-refractivity contribution in [2.24, 2.45) is 11.8 Å². The summed E-state index contributed by atoms with van der Waals surface area (Å²) in [6, 6.07) is 0. The zero-order chi connectivity index (χ0) is 36.4. The Balaban J connectivity index is 6.21. The van der Waals surface area contributed by atoms with E-state index in [0.29, 0.717) is 19.6 Å². The smallest absolute Gasteiger partial charge is 0.231 e. The van der Waals surface area contributed by atoms with Gasteiger partial charge >= 0.3 is 0 Å². The fourth-order valence-electron chi connectivity index (χ4n) is 4.70. The third-order valence-electron chi connectivity index (χ3n) is 10.5. The number of methoxy groups -OCH3 is 5. The Labute approximate surface area is 285 Å². The highest BCUT2D eigenvalue weighted by Crippen LogP contribution is 2.40. The van der Waals surface area contributed by atoms with E-state index >= 15 is 0 Å². The predicted octanol–water partition coefficient (Wildman–Crippen LogP) is 8.34. The molecular weight excluding hydrogens is 621 g/mol. The molecule has 0 bridgehead atoms. The second-order valence-electron chi connectivity index (χ2n) is 16.1. The van der Waals surface area contributed by atoms with Crippen LogP contribution in [0.3, 0.4) is 0 Å². The first-order chi connectivity index (χ1) is 20.8. The monoisotopic (exact) mass is 692 g/mol. The van der Waals surface area contributed by atoms with Crippen molar-refractivity contribution >= 4 is 22.4 Å². The fourth-order valence-corrected chi connectivity index (χ4v) is 6.87. The van der Waals surface area contributed by atoms with Crippen molar-refractivity contribution in [1.82, 2.24) is 0 Å². The van der Waals surface area contributed by atoms with Crippen LogP contribution in [0.25, 0.3) is 0 Å². The van der Waals surface area contributed by atoms with Gasteiger partial charge in [0.25, 0.3) is 0 Å². The standard InChI is InChI=1S/C35H72O9Si2/c1-20-28(21-22-42-45(16,17)31(3,4)5)23-29(44-33(9,10)37-11)24-35(40-14,41-15)30(36)25-34(38-12,39-13)27(2)26-43-46(18,19)32(6,7)8/h20,27-29H,1,21-26H2,2-19H3. The number of carbonyl (C=O) groups is 1. The molecule has 0 spiro atoms. The highest BCUT2D eigenvalue weighted by atomic mass is 28.4. The highest BCUT2D eigenvalue weighted by molar-refractivity contribution is 6.74. The summed E-state index contributed by atoms with van der Waals surface area (Å²) in [5, 5.41) is 0.160. The molecule has 9 nitrogen and oxygen atoms in total. The van der Waals surface area contributed by atoms with E-state index in [2.05, 4.69) is 74.3 Å². The minimum atomic E-state index is -2.05. The maximum Gasteiger partial charge on any atom is 0.231 e. The van der Waals surface area contributed by atoms with Gasteiger partial charge in [0.15, 0.2) is 34.0 Å². The van der Waals surface area contributed by atoms with Crippen LogP contribution in [0, 0.1) is 11.8 Å². The number of allylic oxidation sites excluding steroid dienone is 1. The van der Waals surface area contributed by atoms with Crippen molar-refractivity contribution in [3.05, 3.63) is 12.7 Å². The molecule has 3 atom stereocenters. The molecular formula is C35H72O9Si2. The third kappa shape index (κ3) is 12.8. The Morgan fingerprint density at radius 3 is 1.63 bits per heavy atom. The Morgan fingerprint density at radius 2 is 1.24 bits per heavy atom. The van der Waals surface area contributed by atoms with E-state index in [9.17, 15) is 4.79 Å². The number of hydrogen-bond donors (Lipinski definition) is 0. The van der Waals surface area contributed by atoms with E-state index < -0.39 is 40.1 Å². The molecule has 0 aromatic carbocycles. The molecule has 0 aliphatic rings.